The van der Waals surface area contributed by atoms with Gasteiger partial charge in [0, 0.05) is 24.2 Å². The number of carbonyl (C=O) groups excluding carboxylic acids is 1. The molecule has 0 aliphatic carbocycles. The second-order valence-electron chi connectivity index (χ2n) is 5.75. The van der Waals surface area contributed by atoms with Crippen LogP contribution in [-0.4, -0.2) is 36.8 Å². The minimum Gasteiger partial charge on any atom is -0.480 e. The molecule has 2 heterocycles. The van der Waals surface area contributed by atoms with Crippen LogP contribution >= 0.6 is 23.2 Å². The second kappa shape index (κ2) is 7.55. The fourth-order valence-corrected chi connectivity index (χ4v) is 3.22. The lowest BCUT2D eigenvalue weighted by Gasteiger charge is -2.14. The Labute approximate surface area is 150 Å². The summed E-state index contributed by atoms with van der Waals surface area (Å²) in [6, 6.07) is 5.32. The quantitative estimate of drug-likeness (QED) is 0.876. The lowest BCUT2D eigenvalue weighted by molar-refractivity contribution is -0.123. The number of pyridine rings is 1. The Kier molecular flexibility index (Phi) is 5.43. The van der Waals surface area contributed by atoms with E-state index in [9.17, 15) is 4.79 Å². The first-order chi connectivity index (χ1) is 11.5. The number of nitrogens with one attached hydrogen (secondary N) is 1. The Bertz CT molecular complexity index is 761. The molecule has 0 bridgehead atoms. The summed E-state index contributed by atoms with van der Waals surface area (Å²) in [5.41, 5.74) is 1.37. The van der Waals surface area contributed by atoms with Gasteiger partial charge in [0.2, 0.25) is 0 Å². The van der Waals surface area contributed by atoms with Crippen LogP contribution in [0.15, 0.2) is 18.2 Å². The van der Waals surface area contributed by atoms with Crippen molar-refractivity contribution in [2.24, 2.45) is 0 Å². The molecule has 1 amide bonds. The van der Waals surface area contributed by atoms with E-state index in [0.717, 1.165) is 30.5 Å². The number of fused-ring (bicyclic) bond motifs is 1. The van der Waals surface area contributed by atoms with Crippen LogP contribution < -0.4 is 10.1 Å². The van der Waals surface area contributed by atoms with Gasteiger partial charge in [-0.2, -0.15) is 0 Å². The minimum absolute atomic E-state index is 0.0956. The molecule has 0 saturated carbocycles. The Morgan fingerprint density at radius 1 is 1.42 bits per heavy atom. The molecule has 1 aliphatic heterocycles. The molecule has 1 saturated heterocycles. The van der Waals surface area contributed by atoms with E-state index in [1.54, 1.807) is 6.07 Å². The molecule has 1 aliphatic rings. The normalized spacial score (nSPS) is 17.2. The van der Waals surface area contributed by atoms with Gasteiger partial charge in [0.05, 0.1) is 16.1 Å². The van der Waals surface area contributed by atoms with Crippen molar-refractivity contribution in [3.8, 4) is 5.75 Å². The first kappa shape index (κ1) is 17.3. The molecule has 1 aromatic heterocycles. The van der Waals surface area contributed by atoms with Gasteiger partial charge >= 0.3 is 0 Å². The molecular weight excluding hydrogens is 351 g/mol. The summed E-state index contributed by atoms with van der Waals surface area (Å²) in [7, 11) is 0. The second-order valence-corrected chi connectivity index (χ2v) is 6.56. The number of halogens is 2. The number of carbonyl (C=O) groups is 1. The van der Waals surface area contributed by atoms with E-state index in [0.29, 0.717) is 27.9 Å². The van der Waals surface area contributed by atoms with Gasteiger partial charge in [-0.1, -0.05) is 23.2 Å². The van der Waals surface area contributed by atoms with Crippen LogP contribution in [0.25, 0.3) is 10.9 Å². The van der Waals surface area contributed by atoms with Crippen molar-refractivity contribution in [3.63, 3.8) is 0 Å². The lowest BCUT2D eigenvalue weighted by Crippen LogP contribution is -2.35. The molecule has 2 aromatic rings. The van der Waals surface area contributed by atoms with E-state index in [1.165, 1.54) is 0 Å². The largest absolute Gasteiger partial charge is 0.480 e. The predicted octanol–water partition coefficient (Wildman–Crippen LogP) is 3.52. The number of aryl methyl sites for hydroxylation is 1. The summed E-state index contributed by atoms with van der Waals surface area (Å²) < 4.78 is 11.1. The maximum Gasteiger partial charge on any atom is 0.258 e. The van der Waals surface area contributed by atoms with Crippen LogP contribution in [0.1, 0.15) is 18.5 Å². The predicted molar refractivity (Wildman–Crippen MR) is 94.0 cm³/mol. The Balaban J connectivity index is 1.70. The number of rotatable bonds is 5. The smallest absolute Gasteiger partial charge is 0.258 e. The molecule has 5 nitrogen and oxygen atoms in total. The van der Waals surface area contributed by atoms with Crippen LogP contribution in [0.2, 0.25) is 10.0 Å². The van der Waals surface area contributed by atoms with Gasteiger partial charge in [-0.3, -0.25) is 4.79 Å². The molecule has 0 radical (unpaired) electrons. The molecule has 1 fully saturated rings. The van der Waals surface area contributed by atoms with Crippen LogP contribution in [0.4, 0.5) is 0 Å². The number of ether oxygens (including phenoxy) is 2. The van der Waals surface area contributed by atoms with Crippen molar-refractivity contribution >= 4 is 40.0 Å². The molecule has 1 atom stereocenters. The minimum atomic E-state index is -0.225. The highest BCUT2D eigenvalue weighted by Gasteiger charge is 2.17. The molecular formula is C17H18Cl2N2O3. The summed E-state index contributed by atoms with van der Waals surface area (Å²) >= 11 is 12.4. The Morgan fingerprint density at radius 2 is 2.25 bits per heavy atom. The summed E-state index contributed by atoms with van der Waals surface area (Å²) in [6.45, 7) is 2.98. The van der Waals surface area contributed by atoms with E-state index < -0.39 is 0 Å². The van der Waals surface area contributed by atoms with Crippen molar-refractivity contribution in [1.29, 1.82) is 0 Å². The van der Waals surface area contributed by atoms with Gasteiger partial charge in [-0.25, -0.2) is 4.98 Å². The third-order valence-electron chi connectivity index (χ3n) is 3.88. The first-order valence-corrected chi connectivity index (χ1v) is 8.56. The van der Waals surface area contributed by atoms with Crippen LogP contribution in [0.3, 0.4) is 0 Å². The van der Waals surface area contributed by atoms with E-state index in [1.807, 2.05) is 19.1 Å². The van der Waals surface area contributed by atoms with Crippen molar-refractivity contribution in [1.82, 2.24) is 10.3 Å². The monoisotopic (exact) mass is 368 g/mol. The fraction of sp³-hybridized carbons (Fsp3) is 0.412. The van der Waals surface area contributed by atoms with E-state index in [-0.39, 0.29) is 18.6 Å². The number of amides is 1. The average molecular weight is 369 g/mol. The number of nitrogens with zero attached hydrogens (tertiary/aromatic N) is 1. The first-order valence-electron chi connectivity index (χ1n) is 7.81. The maximum absolute atomic E-state index is 12.0. The average Bonchev–Trinajstić information content (AvgIpc) is 3.05. The summed E-state index contributed by atoms with van der Waals surface area (Å²) in [4.78, 5) is 16.4. The zero-order valence-corrected chi connectivity index (χ0v) is 14.8. The third kappa shape index (κ3) is 3.91. The SMILES string of the molecule is Cc1ccc2c(Cl)cc(Cl)c(OCC(=O)NCC3CCCO3)c2n1. The standard InChI is InChI=1S/C17H18Cl2N2O3/c1-10-4-5-12-13(18)7-14(19)17(16(12)21-10)24-9-15(22)20-8-11-3-2-6-23-11/h4-5,7,11H,2-3,6,8-9H2,1H3,(H,20,22). The topological polar surface area (TPSA) is 60.5 Å². The third-order valence-corrected chi connectivity index (χ3v) is 4.47. The fourth-order valence-electron chi connectivity index (χ4n) is 2.65. The van der Waals surface area contributed by atoms with E-state index in [2.05, 4.69) is 10.3 Å². The highest BCUT2D eigenvalue weighted by molar-refractivity contribution is 6.39. The number of hydrogen-bond donors (Lipinski definition) is 1. The summed E-state index contributed by atoms with van der Waals surface area (Å²) in [5.74, 6) is 0.143. The molecule has 7 heteroatoms. The van der Waals surface area contributed by atoms with Crippen molar-refractivity contribution in [2.75, 3.05) is 19.8 Å². The molecule has 3 rings (SSSR count). The highest BCUT2D eigenvalue weighted by Crippen LogP contribution is 2.37. The zero-order valence-electron chi connectivity index (χ0n) is 13.3. The summed E-state index contributed by atoms with van der Waals surface area (Å²) in [6.07, 6.45) is 2.10. The lowest BCUT2D eigenvalue weighted by atomic mass is 10.2. The molecule has 0 spiro atoms. The Hall–Kier alpha value is -1.56. The number of benzene rings is 1. The van der Waals surface area contributed by atoms with Crippen LogP contribution in [-0.2, 0) is 9.53 Å². The van der Waals surface area contributed by atoms with Crippen molar-refractivity contribution in [2.45, 2.75) is 25.9 Å². The highest BCUT2D eigenvalue weighted by atomic mass is 35.5. The van der Waals surface area contributed by atoms with Gasteiger partial charge in [-0.15, -0.1) is 0 Å². The summed E-state index contributed by atoms with van der Waals surface area (Å²) in [5, 5.41) is 4.37. The van der Waals surface area contributed by atoms with Gasteiger partial charge in [-0.05, 0) is 38.0 Å². The van der Waals surface area contributed by atoms with Crippen LogP contribution in [0, 0.1) is 6.92 Å². The molecule has 128 valence electrons. The molecule has 1 unspecified atom stereocenters. The van der Waals surface area contributed by atoms with Crippen molar-refractivity contribution in [3.05, 3.63) is 33.9 Å². The zero-order chi connectivity index (χ0) is 17.1. The van der Waals surface area contributed by atoms with Crippen LogP contribution in [0.5, 0.6) is 5.75 Å². The van der Waals surface area contributed by atoms with Gasteiger partial charge in [0.1, 0.15) is 5.52 Å². The maximum atomic E-state index is 12.0. The Morgan fingerprint density at radius 3 is 3.00 bits per heavy atom. The number of hydrogen-bond acceptors (Lipinski definition) is 4. The number of aromatic nitrogens is 1. The molecule has 1 aromatic carbocycles. The van der Waals surface area contributed by atoms with E-state index >= 15 is 0 Å². The van der Waals surface area contributed by atoms with E-state index in [4.69, 9.17) is 32.7 Å². The van der Waals surface area contributed by atoms with Crippen molar-refractivity contribution < 1.29 is 14.3 Å². The molecule has 24 heavy (non-hydrogen) atoms. The van der Waals surface area contributed by atoms with Gasteiger partial charge in [0.25, 0.3) is 5.91 Å². The molecule has 1 N–H and O–H groups in total. The van der Waals surface area contributed by atoms with Gasteiger partial charge in [0.15, 0.2) is 12.4 Å². The van der Waals surface area contributed by atoms with Gasteiger partial charge < -0.3 is 14.8 Å².